The minimum Gasteiger partial charge on any atom is -0.474 e. The first kappa shape index (κ1) is 11.9. The average Bonchev–Trinajstić information content (AvgIpc) is 2.68. The Balaban J connectivity index is 2.19. The first-order valence-corrected chi connectivity index (χ1v) is 5.33. The molecule has 0 amide bonds. The van der Waals surface area contributed by atoms with Crippen molar-refractivity contribution in [2.45, 2.75) is 38.0 Å². The summed E-state index contributed by atoms with van der Waals surface area (Å²) in [6.07, 6.45) is -0.874. The monoisotopic (exact) mass is 247 g/mol. The van der Waals surface area contributed by atoms with Crippen molar-refractivity contribution in [2.24, 2.45) is 0 Å². The number of anilines is 1. The van der Waals surface area contributed by atoms with Gasteiger partial charge in [-0.15, -0.1) is 0 Å². The molecule has 4 nitrogen and oxygen atoms in total. The Kier molecular flexibility index (Phi) is 3.08. The fourth-order valence-corrected chi connectivity index (χ4v) is 1.83. The fourth-order valence-electron chi connectivity index (χ4n) is 1.83. The van der Waals surface area contributed by atoms with E-state index in [4.69, 9.17) is 10.5 Å². The molecule has 1 heterocycles. The Hall–Kier alpha value is -1.53. The van der Waals surface area contributed by atoms with Crippen molar-refractivity contribution in [2.75, 3.05) is 5.73 Å². The normalized spacial score (nSPS) is 17.4. The molecule has 7 heteroatoms. The predicted octanol–water partition coefficient (Wildman–Crippen LogP) is 2.40. The summed E-state index contributed by atoms with van der Waals surface area (Å²) in [5.41, 5.74) is 4.16. The van der Waals surface area contributed by atoms with E-state index in [1.54, 1.807) is 0 Å². The molecule has 0 unspecified atom stereocenters. The number of hydrogen-bond donors (Lipinski definition) is 1. The standard InChI is InChI=1S/C10H12F3N3O/c11-10(12,13)7-5-8(16-9(14)15-7)17-6-3-1-2-4-6/h5-6H,1-4H2,(H2,14,15,16). The van der Waals surface area contributed by atoms with E-state index in [9.17, 15) is 13.2 Å². The second-order valence-electron chi connectivity index (χ2n) is 3.97. The number of ether oxygens (including phenoxy) is 1. The van der Waals surface area contributed by atoms with Gasteiger partial charge in [-0.05, 0) is 25.7 Å². The molecule has 0 aliphatic heterocycles. The molecule has 0 spiro atoms. The van der Waals surface area contributed by atoms with Crippen LogP contribution in [-0.4, -0.2) is 16.1 Å². The third kappa shape index (κ3) is 2.98. The lowest BCUT2D eigenvalue weighted by Gasteiger charge is -2.13. The van der Waals surface area contributed by atoms with Gasteiger partial charge in [0.1, 0.15) is 6.10 Å². The van der Waals surface area contributed by atoms with E-state index in [0.717, 1.165) is 31.7 Å². The van der Waals surface area contributed by atoms with Crippen LogP contribution in [0.4, 0.5) is 19.1 Å². The third-order valence-electron chi connectivity index (χ3n) is 2.60. The lowest BCUT2D eigenvalue weighted by atomic mass is 10.3. The lowest BCUT2D eigenvalue weighted by molar-refractivity contribution is -0.141. The van der Waals surface area contributed by atoms with Gasteiger partial charge >= 0.3 is 6.18 Å². The predicted molar refractivity (Wildman–Crippen MR) is 54.3 cm³/mol. The van der Waals surface area contributed by atoms with Crippen molar-refractivity contribution in [1.82, 2.24) is 9.97 Å². The quantitative estimate of drug-likeness (QED) is 0.871. The summed E-state index contributed by atoms with van der Waals surface area (Å²) >= 11 is 0. The van der Waals surface area contributed by atoms with Crippen LogP contribution in [0.15, 0.2) is 6.07 Å². The molecule has 0 bridgehead atoms. The Labute approximate surface area is 96.0 Å². The van der Waals surface area contributed by atoms with E-state index in [-0.39, 0.29) is 12.0 Å². The number of nitrogens with two attached hydrogens (primary N) is 1. The van der Waals surface area contributed by atoms with E-state index in [1.165, 1.54) is 0 Å². The maximum Gasteiger partial charge on any atom is 0.433 e. The van der Waals surface area contributed by atoms with Crippen LogP contribution in [0.5, 0.6) is 5.88 Å². The Morgan fingerprint density at radius 1 is 1.24 bits per heavy atom. The van der Waals surface area contributed by atoms with Crippen LogP contribution in [-0.2, 0) is 6.18 Å². The van der Waals surface area contributed by atoms with Gasteiger partial charge in [0.25, 0.3) is 0 Å². The van der Waals surface area contributed by atoms with E-state index in [2.05, 4.69) is 9.97 Å². The Morgan fingerprint density at radius 3 is 2.47 bits per heavy atom. The van der Waals surface area contributed by atoms with Gasteiger partial charge < -0.3 is 10.5 Å². The molecule has 17 heavy (non-hydrogen) atoms. The lowest BCUT2D eigenvalue weighted by Crippen LogP contribution is -2.15. The molecule has 0 atom stereocenters. The molecule has 94 valence electrons. The highest BCUT2D eigenvalue weighted by Crippen LogP contribution is 2.31. The van der Waals surface area contributed by atoms with E-state index >= 15 is 0 Å². The number of alkyl halides is 3. The summed E-state index contributed by atoms with van der Waals surface area (Å²) in [6, 6.07) is 0.786. The van der Waals surface area contributed by atoms with Crippen LogP contribution < -0.4 is 10.5 Å². The minimum atomic E-state index is -4.54. The van der Waals surface area contributed by atoms with Crippen molar-refractivity contribution in [3.63, 3.8) is 0 Å². The number of hydrogen-bond acceptors (Lipinski definition) is 4. The van der Waals surface area contributed by atoms with Crippen molar-refractivity contribution in [3.8, 4) is 5.88 Å². The maximum absolute atomic E-state index is 12.5. The highest BCUT2D eigenvalue weighted by atomic mass is 19.4. The van der Waals surface area contributed by atoms with Gasteiger partial charge in [-0.2, -0.15) is 18.2 Å². The highest BCUT2D eigenvalue weighted by Gasteiger charge is 2.34. The first-order valence-electron chi connectivity index (χ1n) is 5.33. The fraction of sp³-hybridized carbons (Fsp3) is 0.600. The second kappa shape index (κ2) is 4.38. The van der Waals surface area contributed by atoms with Gasteiger partial charge in [0.2, 0.25) is 11.8 Å². The van der Waals surface area contributed by atoms with Crippen molar-refractivity contribution in [3.05, 3.63) is 11.8 Å². The van der Waals surface area contributed by atoms with Gasteiger partial charge in [0.05, 0.1) is 0 Å². The topological polar surface area (TPSA) is 61.0 Å². The SMILES string of the molecule is Nc1nc(OC2CCCC2)cc(C(F)(F)F)n1. The summed E-state index contributed by atoms with van der Waals surface area (Å²) in [7, 11) is 0. The van der Waals surface area contributed by atoms with Crippen LogP contribution >= 0.6 is 0 Å². The molecule has 1 aliphatic carbocycles. The second-order valence-corrected chi connectivity index (χ2v) is 3.97. The number of halogens is 3. The zero-order valence-electron chi connectivity index (χ0n) is 9.00. The number of rotatable bonds is 2. The minimum absolute atomic E-state index is 0.0645. The molecule has 1 saturated carbocycles. The zero-order chi connectivity index (χ0) is 12.5. The van der Waals surface area contributed by atoms with Crippen molar-refractivity contribution < 1.29 is 17.9 Å². The van der Waals surface area contributed by atoms with Gasteiger partial charge in [0, 0.05) is 6.07 Å². The van der Waals surface area contributed by atoms with Crippen LogP contribution in [0.1, 0.15) is 31.4 Å². The summed E-state index contributed by atoms with van der Waals surface area (Å²) in [4.78, 5) is 6.80. The molecule has 1 aromatic heterocycles. The number of aromatic nitrogens is 2. The summed E-state index contributed by atoms with van der Waals surface area (Å²) in [5.74, 6) is -0.524. The molecule has 2 N–H and O–H groups in total. The van der Waals surface area contributed by atoms with E-state index in [0.29, 0.717) is 0 Å². The molecule has 0 aromatic carbocycles. The molecule has 0 saturated heterocycles. The highest BCUT2D eigenvalue weighted by molar-refractivity contribution is 5.27. The zero-order valence-corrected chi connectivity index (χ0v) is 9.00. The summed E-state index contributed by atoms with van der Waals surface area (Å²) in [5, 5.41) is 0. The van der Waals surface area contributed by atoms with Gasteiger partial charge in [-0.3, -0.25) is 0 Å². The molecular formula is C10H12F3N3O. The number of nitrogen functional groups attached to an aromatic ring is 1. The molecule has 1 aliphatic rings. The third-order valence-corrected chi connectivity index (χ3v) is 2.60. The molecule has 1 aromatic rings. The van der Waals surface area contributed by atoms with Crippen LogP contribution in [0, 0.1) is 0 Å². The van der Waals surface area contributed by atoms with Gasteiger partial charge in [-0.25, -0.2) is 4.98 Å². The van der Waals surface area contributed by atoms with Gasteiger partial charge in [0.15, 0.2) is 5.69 Å². The summed E-state index contributed by atoms with van der Waals surface area (Å²) in [6.45, 7) is 0. The molecule has 2 rings (SSSR count). The summed E-state index contributed by atoms with van der Waals surface area (Å²) < 4.78 is 42.7. The average molecular weight is 247 g/mol. The molecular weight excluding hydrogens is 235 g/mol. The largest absolute Gasteiger partial charge is 0.474 e. The number of nitrogens with zero attached hydrogens (tertiary/aromatic N) is 2. The van der Waals surface area contributed by atoms with E-state index < -0.39 is 17.8 Å². The molecule has 1 fully saturated rings. The Bertz CT molecular complexity index is 402. The van der Waals surface area contributed by atoms with Crippen LogP contribution in [0.3, 0.4) is 0 Å². The van der Waals surface area contributed by atoms with Crippen molar-refractivity contribution in [1.29, 1.82) is 0 Å². The first-order chi connectivity index (χ1) is 7.95. The molecule has 0 radical (unpaired) electrons. The van der Waals surface area contributed by atoms with Crippen molar-refractivity contribution >= 4 is 5.95 Å². The smallest absolute Gasteiger partial charge is 0.433 e. The maximum atomic E-state index is 12.5. The van der Waals surface area contributed by atoms with E-state index in [1.807, 2.05) is 0 Å². The van der Waals surface area contributed by atoms with Crippen LogP contribution in [0.25, 0.3) is 0 Å². The Morgan fingerprint density at radius 2 is 1.88 bits per heavy atom. The van der Waals surface area contributed by atoms with Crippen LogP contribution in [0.2, 0.25) is 0 Å². The van der Waals surface area contributed by atoms with Gasteiger partial charge in [-0.1, -0.05) is 0 Å².